The molecule has 0 heterocycles. The van der Waals surface area contributed by atoms with E-state index in [1.165, 1.54) is 30.8 Å². The van der Waals surface area contributed by atoms with E-state index in [1.807, 2.05) is 0 Å². The van der Waals surface area contributed by atoms with Crippen LogP contribution < -0.4 is 15.3 Å². The quantitative estimate of drug-likeness (QED) is 0.496. The molecule has 0 radical (unpaired) electrons. The molecule has 0 aromatic carbocycles. The fourth-order valence-corrected chi connectivity index (χ4v) is 1.22. The van der Waals surface area contributed by atoms with Crippen molar-refractivity contribution in [3.63, 3.8) is 0 Å². The molecule has 12 heavy (non-hydrogen) atoms. The minimum absolute atomic E-state index is 0.750. The molecule has 0 unspecified atom stereocenters. The van der Waals surface area contributed by atoms with Crippen LogP contribution in [-0.2, 0) is 24.4 Å². The van der Waals surface area contributed by atoms with Gasteiger partial charge in [0, 0.05) is 0 Å². The summed E-state index contributed by atoms with van der Waals surface area (Å²) in [5.41, 5.74) is 0. The summed E-state index contributed by atoms with van der Waals surface area (Å²) in [6, 6.07) is 0. The number of allylic oxidation sites excluding steroid dienone is 4. The topological polar surface area (TPSA) is 69.2 Å². The summed E-state index contributed by atoms with van der Waals surface area (Å²) in [7, 11) is 2.25. The standard InChI is InChI=1S/C5H5.3CH3O.Hf/c1-2-4-5-3-1;3*1-2;/h1-3H,4H2;3*1H3;/q;3*-1;+3. The Morgan fingerprint density at radius 3 is 1.58 bits per heavy atom. The van der Waals surface area contributed by atoms with Crippen LogP contribution in [0.3, 0.4) is 0 Å². The van der Waals surface area contributed by atoms with E-state index in [1.54, 1.807) is 3.33 Å². The van der Waals surface area contributed by atoms with Crippen LogP contribution in [0.4, 0.5) is 0 Å². The maximum absolute atomic E-state index is 8.25. The van der Waals surface area contributed by atoms with E-state index in [9.17, 15) is 0 Å². The summed E-state index contributed by atoms with van der Waals surface area (Å²) < 4.78 is 1.61. The Labute approximate surface area is 89.0 Å². The van der Waals surface area contributed by atoms with Crippen molar-refractivity contribution in [1.82, 2.24) is 0 Å². The Hall–Kier alpha value is 0.230. The van der Waals surface area contributed by atoms with E-state index in [4.69, 9.17) is 15.3 Å². The predicted octanol–water partition coefficient (Wildman–Crippen LogP) is -1.69. The molecule has 1 aliphatic carbocycles. The second kappa shape index (κ2) is 22.5. The normalized spacial score (nSPS) is 10.8. The second-order valence-electron chi connectivity index (χ2n) is 1.32. The van der Waals surface area contributed by atoms with Crippen LogP contribution in [0.1, 0.15) is 6.42 Å². The molecule has 4 heteroatoms. The van der Waals surface area contributed by atoms with Crippen molar-refractivity contribution in [2.75, 3.05) is 21.3 Å². The van der Waals surface area contributed by atoms with E-state index in [0.717, 1.165) is 21.3 Å². The van der Waals surface area contributed by atoms with Crippen LogP contribution in [0.5, 0.6) is 0 Å². The number of rotatable bonds is 0. The zero-order chi connectivity index (χ0) is 10.4. The van der Waals surface area contributed by atoms with Gasteiger partial charge in [-0.2, -0.15) is 21.3 Å². The van der Waals surface area contributed by atoms with Gasteiger partial charge >= 0.3 is 52.4 Å². The molecule has 0 aromatic heterocycles. The van der Waals surface area contributed by atoms with Gasteiger partial charge in [-0.3, -0.25) is 0 Å². The van der Waals surface area contributed by atoms with Crippen molar-refractivity contribution in [2.24, 2.45) is 0 Å². The Bertz CT molecular complexity index is 111. The minimum atomic E-state index is 0.750. The summed E-state index contributed by atoms with van der Waals surface area (Å²) in [4.78, 5) is 0. The van der Waals surface area contributed by atoms with Gasteiger partial charge in [0.2, 0.25) is 0 Å². The van der Waals surface area contributed by atoms with E-state index >= 15 is 0 Å². The molecule has 0 N–H and O–H groups in total. The molecule has 1 rings (SSSR count). The first kappa shape index (κ1) is 18.1. The van der Waals surface area contributed by atoms with Crippen LogP contribution in [0.2, 0.25) is 0 Å². The Morgan fingerprint density at radius 2 is 1.50 bits per heavy atom. The third-order valence-electron chi connectivity index (χ3n) is 0.771. The molecule has 0 bridgehead atoms. The summed E-state index contributed by atoms with van der Waals surface area (Å²) in [6.07, 6.45) is 7.75. The molecule has 0 fully saturated rings. The molecular formula is C8H14HfO3. The molecule has 0 atom stereocenters. The van der Waals surface area contributed by atoms with Crippen LogP contribution in [0.15, 0.2) is 21.6 Å². The molecular weight excluding hydrogens is 323 g/mol. The average Bonchev–Trinajstić information content (AvgIpc) is 2.66. The van der Waals surface area contributed by atoms with Crippen molar-refractivity contribution >= 4 is 0 Å². The van der Waals surface area contributed by atoms with Crippen LogP contribution in [0, 0.1) is 0 Å². The predicted molar refractivity (Wildman–Crippen MR) is 39.6 cm³/mol. The third kappa shape index (κ3) is 16.7. The number of hydrogen-bond donors (Lipinski definition) is 0. The summed E-state index contributed by atoms with van der Waals surface area (Å²) in [5.74, 6) is 0. The van der Waals surface area contributed by atoms with Crippen molar-refractivity contribution < 1.29 is 39.7 Å². The molecule has 3 nitrogen and oxygen atoms in total. The third-order valence-corrected chi connectivity index (χ3v) is 2.10. The van der Waals surface area contributed by atoms with E-state index in [2.05, 4.69) is 18.2 Å². The van der Waals surface area contributed by atoms with Gasteiger partial charge in [-0.05, 0) is 0 Å². The first-order chi connectivity index (χ1) is 5.89. The van der Waals surface area contributed by atoms with Crippen molar-refractivity contribution in [3.8, 4) is 0 Å². The van der Waals surface area contributed by atoms with Crippen LogP contribution in [0.25, 0.3) is 0 Å². The summed E-state index contributed by atoms with van der Waals surface area (Å²) in [6.45, 7) is 0. The van der Waals surface area contributed by atoms with Crippen molar-refractivity contribution in [1.29, 1.82) is 0 Å². The van der Waals surface area contributed by atoms with Gasteiger partial charge in [0.25, 0.3) is 0 Å². The van der Waals surface area contributed by atoms with Crippen LogP contribution >= 0.6 is 0 Å². The van der Waals surface area contributed by atoms with Gasteiger partial charge in [-0.15, -0.1) is 0 Å². The monoisotopic (exact) mass is 338 g/mol. The Kier molecular flexibility index (Phi) is 33.9. The van der Waals surface area contributed by atoms with Gasteiger partial charge < -0.3 is 15.3 Å². The average molecular weight is 337 g/mol. The Morgan fingerprint density at radius 1 is 1.08 bits per heavy atom. The van der Waals surface area contributed by atoms with Gasteiger partial charge in [-0.1, -0.05) is 0 Å². The first-order valence-electron chi connectivity index (χ1n) is 3.19. The van der Waals surface area contributed by atoms with E-state index < -0.39 is 0 Å². The second-order valence-corrected chi connectivity index (χ2v) is 3.63. The van der Waals surface area contributed by atoms with Gasteiger partial charge in [0.15, 0.2) is 0 Å². The molecule has 68 valence electrons. The molecule has 0 aromatic rings. The van der Waals surface area contributed by atoms with Crippen molar-refractivity contribution in [2.45, 2.75) is 6.42 Å². The molecule has 0 saturated heterocycles. The maximum atomic E-state index is 8.25. The Balaban J connectivity index is -0.000000117. The molecule has 0 amide bonds. The van der Waals surface area contributed by atoms with Gasteiger partial charge in [0.05, 0.1) is 0 Å². The zero-order valence-corrected chi connectivity index (χ0v) is 11.3. The van der Waals surface area contributed by atoms with Gasteiger partial charge in [-0.25, -0.2) is 0 Å². The van der Waals surface area contributed by atoms with E-state index in [0.29, 0.717) is 0 Å². The molecule has 0 aliphatic heterocycles. The van der Waals surface area contributed by atoms with E-state index in [-0.39, 0.29) is 0 Å². The van der Waals surface area contributed by atoms with Crippen molar-refractivity contribution in [3.05, 3.63) is 21.6 Å². The SMILES string of the molecule is C[O-].C[O-].C[O-].[Hf+3][C]1=CC=CC1. The fourth-order valence-electron chi connectivity index (χ4n) is 0.447. The van der Waals surface area contributed by atoms with Gasteiger partial charge in [0.1, 0.15) is 0 Å². The summed E-state index contributed by atoms with van der Waals surface area (Å²) in [5, 5.41) is 24.8. The molecule has 1 aliphatic rings. The molecule has 0 spiro atoms. The molecule has 0 saturated carbocycles. The number of hydrogen-bond acceptors (Lipinski definition) is 3. The fraction of sp³-hybridized carbons (Fsp3) is 0.500. The summed E-state index contributed by atoms with van der Waals surface area (Å²) >= 11 is 1.25. The van der Waals surface area contributed by atoms with Crippen LogP contribution in [-0.4, -0.2) is 21.3 Å². The zero-order valence-electron chi connectivity index (χ0n) is 7.66. The first-order valence-corrected chi connectivity index (χ1v) is 4.99.